The van der Waals surface area contributed by atoms with Crippen molar-refractivity contribution < 1.29 is 13.3 Å². The van der Waals surface area contributed by atoms with E-state index in [1.54, 1.807) is 0 Å². The largest absolute Gasteiger partial charge is 0.259 e. The average molecular weight is 395 g/mol. The Morgan fingerprint density at radius 3 is 2.61 bits per heavy atom. The zero-order valence-electron chi connectivity index (χ0n) is 14.6. The van der Waals surface area contributed by atoms with E-state index in [1.807, 2.05) is 35.8 Å². The van der Waals surface area contributed by atoms with E-state index < -0.39 is 11.6 Å². The number of pyridine rings is 1. The molecular weight excluding hydrogens is 382 g/mol. The number of nitrogens with zero attached hydrogens (tertiary/aromatic N) is 4. The monoisotopic (exact) mass is 395 g/mol. The van der Waals surface area contributed by atoms with Crippen LogP contribution in [0.3, 0.4) is 0 Å². The van der Waals surface area contributed by atoms with Crippen LogP contribution >= 0.6 is 11.3 Å². The molecule has 0 aliphatic rings. The van der Waals surface area contributed by atoms with Gasteiger partial charge in [-0.25, -0.2) is 18.7 Å². The highest BCUT2D eigenvalue weighted by Gasteiger charge is 2.27. The molecule has 0 aliphatic heterocycles. The van der Waals surface area contributed by atoms with Crippen molar-refractivity contribution in [3.8, 4) is 32.5 Å². The van der Waals surface area contributed by atoms with Crippen LogP contribution in [0.4, 0.5) is 8.78 Å². The van der Waals surface area contributed by atoms with Crippen LogP contribution in [0.15, 0.2) is 48.9 Å². The first kappa shape index (κ1) is 16.7. The predicted octanol–water partition coefficient (Wildman–Crippen LogP) is 3.92. The van der Waals surface area contributed by atoms with Gasteiger partial charge in [0.05, 0.1) is 21.8 Å². The quantitative estimate of drug-likeness (QED) is 0.455. The number of halogens is 2. The van der Waals surface area contributed by atoms with E-state index >= 15 is 0 Å². The van der Waals surface area contributed by atoms with Gasteiger partial charge in [-0.3, -0.25) is 5.10 Å². The van der Waals surface area contributed by atoms with Crippen LogP contribution in [0.5, 0.6) is 0 Å². The van der Waals surface area contributed by atoms with Crippen LogP contribution < -0.4 is 4.52 Å². The van der Waals surface area contributed by atoms with Gasteiger partial charge in [-0.05, 0) is 25.1 Å². The normalized spacial score (nSPS) is 11.4. The molecule has 4 heterocycles. The molecule has 0 saturated heterocycles. The molecule has 5 aromatic rings. The number of thiazole rings is 1. The Kier molecular flexibility index (Phi) is 3.76. The van der Waals surface area contributed by atoms with Crippen LogP contribution in [0.1, 0.15) is 5.69 Å². The fraction of sp³-hybridized carbons (Fsp3) is 0.0526. The fourth-order valence-electron chi connectivity index (χ4n) is 3.24. The van der Waals surface area contributed by atoms with E-state index in [9.17, 15) is 8.78 Å². The smallest absolute Gasteiger partial charge is 0.247 e. The molecule has 9 heteroatoms. The van der Waals surface area contributed by atoms with Gasteiger partial charge in [0.2, 0.25) is 11.7 Å². The molecule has 0 fully saturated rings. The van der Waals surface area contributed by atoms with E-state index in [0.29, 0.717) is 15.7 Å². The van der Waals surface area contributed by atoms with Gasteiger partial charge in [0.1, 0.15) is 28.5 Å². The highest BCUT2D eigenvalue weighted by atomic mass is 32.1. The average Bonchev–Trinajstić information content (AvgIpc) is 3.39. The lowest BCUT2D eigenvalue weighted by atomic mass is 10.1. The topological polar surface area (TPSA) is 74.3 Å². The maximum atomic E-state index is 14.5. The highest BCUT2D eigenvalue weighted by Crippen LogP contribution is 2.42. The van der Waals surface area contributed by atoms with Gasteiger partial charge < -0.3 is 0 Å². The van der Waals surface area contributed by atoms with Gasteiger partial charge in [-0.1, -0.05) is 10.6 Å². The first-order valence-corrected chi connectivity index (χ1v) is 9.25. The third-order valence-corrected chi connectivity index (χ3v) is 5.53. The number of aromatic amines is 2. The van der Waals surface area contributed by atoms with Gasteiger partial charge in [0.15, 0.2) is 5.82 Å². The third kappa shape index (κ3) is 2.51. The van der Waals surface area contributed by atoms with Crippen LogP contribution in [0.25, 0.3) is 38.0 Å². The lowest BCUT2D eigenvalue weighted by Gasteiger charge is -2.03. The molecule has 0 amide bonds. The summed E-state index contributed by atoms with van der Waals surface area (Å²) in [5.41, 5.74) is 2.70. The number of nitrogens with one attached hydrogen (secondary N) is 2. The van der Waals surface area contributed by atoms with Crippen LogP contribution in [0, 0.1) is 18.6 Å². The van der Waals surface area contributed by atoms with Gasteiger partial charge >= 0.3 is 0 Å². The lowest BCUT2D eigenvalue weighted by molar-refractivity contribution is -0.577. The number of hydrogen-bond donors (Lipinski definition) is 2. The SMILES string of the molecule is Cc1[nH][n+]2ccccc2c1-c1nc(-c2c(F)cccc2F)c(-c2ncn[nH]2)s1. The summed E-state index contributed by atoms with van der Waals surface area (Å²) >= 11 is 1.30. The Hall–Kier alpha value is -3.46. The van der Waals surface area contributed by atoms with Crippen molar-refractivity contribution in [3.63, 3.8) is 0 Å². The Labute approximate surface area is 161 Å². The molecule has 0 atom stereocenters. The van der Waals surface area contributed by atoms with Crippen LogP contribution in [-0.2, 0) is 0 Å². The third-order valence-electron chi connectivity index (χ3n) is 4.45. The van der Waals surface area contributed by atoms with E-state index in [-0.39, 0.29) is 11.3 Å². The van der Waals surface area contributed by atoms with Crippen LogP contribution in [0.2, 0.25) is 0 Å². The second-order valence-corrected chi connectivity index (χ2v) is 7.19. The minimum atomic E-state index is -0.678. The standard InChI is InChI=1S/C19H12F2N6S/c1-10-14(13-7-2-3-8-27(13)26-10)19-24-16(15-11(20)5-4-6-12(15)21)17(28-19)18-22-9-23-25-18/h2-9H,1H3,(H,22,23,25)/p+1. The van der Waals surface area contributed by atoms with Gasteiger partial charge in [0.25, 0.3) is 0 Å². The molecule has 0 radical (unpaired) electrons. The Morgan fingerprint density at radius 2 is 1.86 bits per heavy atom. The van der Waals surface area contributed by atoms with Gasteiger partial charge in [-0.2, -0.15) is 10.2 Å². The van der Waals surface area contributed by atoms with Crippen molar-refractivity contribution in [3.05, 3.63) is 66.3 Å². The summed E-state index contributed by atoms with van der Waals surface area (Å²) in [6.45, 7) is 1.93. The van der Waals surface area contributed by atoms with Crippen molar-refractivity contribution in [2.45, 2.75) is 6.92 Å². The summed E-state index contributed by atoms with van der Waals surface area (Å²) in [7, 11) is 0. The summed E-state index contributed by atoms with van der Waals surface area (Å²) in [5.74, 6) is -0.947. The number of hydrogen-bond acceptors (Lipinski definition) is 4. The summed E-state index contributed by atoms with van der Waals surface area (Å²) in [5, 5.41) is 10.5. The Morgan fingerprint density at radius 1 is 1.04 bits per heavy atom. The second kappa shape index (κ2) is 6.31. The number of fused-ring (bicyclic) bond motifs is 1. The minimum Gasteiger partial charge on any atom is -0.259 e. The van der Waals surface area contributed by atoms with E-state index in [0.717, 1.165) is 16.8 Å². The molecule has 6 nitrogen and oxygen atoms in total. The predicted molar refractivity (Wildman–Crippen MR) is 101 cm³/mol. The Balaban J connectivity index is 1.81. The molecular formula is C19H13F2N6S+. The molecule has 138 valence electrons. The van der Waals surface area contributed by atoms with Crippen molar-refractivity contribution in [1.82, 2.24) is 25.3 Å². The number of aromatic nitrogens is 6. The number of benzene rings is 1. The molecule has 0 spiro atoms. The van der Waals surface area contributed by atoms with Gasteiger partial charge in [-0.15, -0.1) is 11.3 Å². The molecule has 2 N–H and O–H groups in total. The fourth-order valence-corrected chi connectivity index (χ4v) is 4.37. The van der Waals surface area contributed by atoms with E-state index in [4.69, 9.17) is 0 Å². The zero-order chi connectivity index (χ0) is 19.3. The summed E-state index contributed by atoms with van der Waals surface area (Å²) in [6, 6.07) is 9.56. The molecule has 5 rings (SSSR count). The lowest BCUT2D eigenvalue weighted by Crippen LogP contribution is -2.21. The highest BCUT2D eigenvalue weighted by molar-refractivity contribution is 7.19. The molecule has 4 aromatic heterocycles. The minimum absolute atomic E-state index is 0.179. The molecule has 0 aliphatic carbocycles. The molecule has 0 bridgehead atoms. The van der Waals surface area contributed by atoms with Crippen molar-refractivity contribution in [2.24, 2.45) is 0 Å². The van der Waals surface area contributed by atoms with Crippen molar-refractivity contribution >= 4 is 16.9 Å². The van der Waals surface area contributed by atoms with Gasteiger partial charge in [0, 0.05) is 12.1 Å². The van der Waals surface area contributed by atoms with E-state index in [1.165, 1.54) is 35.9 Å². The molecule has 28 heavy (non-hydrogen) atoms. The maximum absolute atomic E-state index is 14.5. The molecule has 0 unspecified atom stereocenters. The molecule has 1 aromatic carbocycles. The maximum Gasteiger partial charge on any atom is 0.247 e. The first-order valence-electron chi connectivity index (χ1n) is 8.44. The summed E-state index contributed by atoms with van der Waals surface area (Å²) < 4.78 is 30.9. The zero-order valence-corrected chi connectivity index (χ0v) is 15.4. The van der Waals surface area contributed by atoms with Crippen molar-refractivity contribution in [2.75, 3.05) is 0 Å². The molecule has 0 saturated carbocycles. The Bertz CT molecular complexity index is 1290. The van der Waals surface area contributed by atoms with Crippen molar-refractivity contribution in [1.29, 1.82) is 0 Å². The summed E-state index contributed by atoms with van der Waals surface area (Å²) in [6.07, 6.45) is 3.25. The number of H-pyrrole nitrogens is 2. The van der Waals surface area contributed by atoms with E-state index in [2.05, 4.69) is 25.3 Å². The summed E-state index contributed by atoms with van der Waals surface area (Å²) in [4.78, 5) is 9.31. The first-order chi connectivity index (χ1) is 13.6. The number of rotatable bonds is 3. The van der Waals surface area contributed by atoms with Crippen LogP contribution in [-0.4, -0.2) is 25.3 Å². The number of aryl methyl sites for hydroxylation is 1. The second-order valence-electron chi connectivity index (χ2n) is 6.20.